The van der Waals surface area contributed by atoms with Crippen LogP contribution in [-0.2, 0) is 0 Å². The smallest absolute Gasteiger partial charge is 0.205 e. The van der Waals surface area contributed by atoms with E-state index in [1.54, 1.807) is 16.8 Å². The number of nitrogens with one attached hydrogen (secondary N) is 1. The van der Waals surface area contributed by atoms with Gasteiger partial charge in [-0.1, -0.05) is 24.2 Å². The molecule has 0 aromatic carbocycles. The molecule has 1 aromatic rings. The molecule has 1 N–H and O–H groups in total. The van der Waals surface area contributed by atoms with Gasteiger partial charge in [-0.2, -0.15) is 0 Å². The summed E-state index contributed by atoms with van der Waals surface area (Å²) in [5, 5.41) is 12.0. The molecule has 2 rings (SSSR count). The van der Waals surface area contributed by atoms with E-state index in [0.717, 1.165) is 11.0 Å². The fourth-order valence-corrected chi connectivity index (χ4v) is 1.92. The number of hydrogen-bond acceptors (Lipinski definition) is 4. The van der Waals surface area contributed by atoms with Gasteiger partial charge in [0, 0.05) is 6.04 Å². The Morgan fingerprint density at radius 1 is 1.75 bits per heavy atom. The van der Waals surface area contributed by atoms with Crippen LogP contribution in [0.2, 0.25) is 0 Å². The summed E-state index contributed by atoms with van der Waals surface area (Å²) in [5.74, 6) is 0.973. The van der Waals surface area contributed by atoms with Crippen molar-refractivity contribution in [2.75, 3.05) is 5.32 Å². The van der Waals surface area contributed by atoms with Crippen LogP contribution in [-0.4, -0.2) is 16.2 Å². The second kappa shape index (κ2) is 3.39. The van der Waals surface area contributed by atoms with E-state index in [9.17, 15) is 0 Å². The van der Waals surface area contributed by atoms with Crippen molar-refractivity contribution < 1.29 is 0 Å². The highest BCUT2D eigenvalue weighted by molar-refractivity contribution is 7.13. The minimum absolute atomic E-state index is 0.547. The van der Waals surface area contributed by atoms with E-state index in [1.165, 1.54) is 19.3 Å². The van der Waals surface area contributed by atoms with Gasteiger partial charge >= 0.3 is 0 Å². The Morgan fingerprint density at radius 2 is 2.58 bits per heavy atom. The van der Waals surface area contributed by atoms with Gasteiger partial charge in [-0.3, -0.25) is 0 Å². The van der Waals surface area contributed by atoms with E-state index in [0.29, 0.717) is 6.04 Å². The summed E-state index contributed by atoms with van der Waals surface area (Å²) in [6.07, 6.45) is 4.11. The normalized spacial score (nSPS) is 19.1. The summed E-state index contributed by atoms with van der Waals surface area (Å²) in [4.78, 5) is 0. The Bertz CT molecular complexity index is 230. The predicted molar refractivity (Wildman–Crippen MR) is 50.3 cm³/mol. The zero-order chi connectivity index (χ0) is 8.39. The molecular formula is C8H13N3S. The van der Waals surface area contributed by atoms with Gasteiger partial charge in [0.25, 0.3) is 0 Å². The molecule has 0 amide bonds. The number of hydrogen-bond donors (Lipinski definition) is 1. The first-order chi connectivity index (χ1) is 5.84. The van der Waals surface area contributed by atoms with E-state index in [2.05, 4.69) is 22.4 Å². The molecule has 0 radical (unpaired) electrons. The van der Waals surface area contributed by atoms with Gasteiger partial charge in [0.05, 0.1) is 0 Å². The lowest BCUT2D eigenvalue weighted by molar-refractivity contribution is 0.641. The maximum absolute atomic E-state index is 3.94. The third-order valence-corrected chi connectivity index (χ3v) is 2.74. The van der Waals surface area contributed by atoms with Crippen LogP contribution in [0.25, 0.3) is 0 Å². The Labute approximate surface area is 76.2 Å². The number of nitrogens with zero attached hydrogens (tertiary/aromatic N) is 2. The second-order valence-corrected chi connectivity index (χ2v) is 4.30. The Hall–Kier alpha value is -0.640. The average molecular weight is 183 g/mol. The van der Waals surface area contributed by atoms with Crippen LogP contribution in [0.1, 0.15) is 26.2 Å². The first-order valence-corrected chi connectivity index (χ1v) is 5.25. The Kier molecular flexibility index (Phi) is 2.26. The van der Waals surface area contributed by atoms with Gasteiger partial charge in [-0.25, -0.2) is 0 Å². The molecule has 1 aromatic heterocycles. The molecule has 1 fully saturated rings. The van der Waals surface area contributed by atoms with Gasteiger partial charge in [-0.15, -0.1) is 10.2 Å². The van der Waals surface area contributed by atoms with Crippen LogP contribution in [0, 0.1) is 5.92 Å². The minimum Gasteiger partial charge on any atom is -0.358 e. The summed E-state index contributed by atoms with van der Waals surface area (Å²) in [5.41, 5.74) is 1.76. The Balaban J connectivity index is 1.77. The van der Waals surface area contributed by atoms with Crippen LogP contribution in [0.5, 0.6) is 0 Å². The second-order valence-electron chi connectivity index (χ2n) is 3.47. The minimum atomic E-state index is 0.547. The lowest BCUT2D eigenvalue weighted by atomic mass is 10.2. The van der Waals surface area contributed by atoms with E-state index < -0.39 is 0 Å². The average Bonchev–Trinajstić information content (AvgIpc) is 2.66. The van der Waals surface area contributed by atoms with Crippen molar-refractivity contribution in [1.29, 1.82) is 0 Å². The van der Waals surface area contributed by atoms with Crippen molar-refractivity contribution >= 4 is 16.5 Å². The largest absolute Gasteiger partial charge is 0.358 e. The zero-order valence-corrected chi connectivity index (χ0v) is 7.97. The molecule has 1 atom stereocenters. The quantitative estimate of drug-likeness (QED) is 0.777. The topological polar surface area (TPSA) is 37.8 Å². The number of aromatic nitrogens is 2. The van der Waals surface area contributed by atoms with Gasteiger partial charge in [0.1, 0.15) is 5.51 Å². The van der Waals surface area contributed by atoms with Gasteiger partial charge in [-0.05, 0) is 19.3 Å². The van der Waals surface area contributed by atoms with Crippen LogP contribution in [0.3, 0.4) is 0 Å². The molecule has 4 heteroatoms. The summed E-state index contributed by atoms with van der Waals surface area (Å²) in [6.45, 7) is 2.21. The van der Waals surface area contributed by atoms with Crippen molar-refractivity contribution in [3.63, 3.8) is 0 Å². The summed E-state index contributed by atoms with van der Waals surface area (Å²) in [6, 6.07) is 0.547. The lowest BCUT2D eigenvalue weighted by Crippen LogP contribution is -2.15. The molecule has 1 aliphatic rings. The Morgan fingerprint density at radius 3 is 3.17 bits per heavy atom. The maximum Gasteiger partial charge on any atom is 0.205 e. The highest BCUT2D eigenvalue weighted by Crippen LogP contribution is 2.34. The van der Waals surface area contributed by atoms with Gasteiger partial charge in [0.2, 0.25) is 5.13 Å². The highest BCUT2D eigenvalue weighted by atomic mass is 32.1. The van der Waals surface area contributed by atoms with Gasteiger partial charge < -0.3 is 5.32 Å². The molecule has 0 aliphatic heterocycles. The molecule has 0 bridgehead atoms. The molecule has 0 spiro atoms. The van der Waals surface area contributed by atoms with Crippen LogP contribution >= 0.6 is 11.3 Å². The predicted octanol–water partition coefficient (Wildman–Crippen LogP) is 2.14. The first-order valence-electron chi connectivity index (χ1n) is 4.37. The summed E-state index contributed by atoms with van der Waals surface area (Å²) in [7, 11) is 0. The third kappa shape index (κ3) is 2.17. The van der Waals surface area contributed by atoms with E-state index in [4.69, 9.17) is 0 Å². The van der Waals surface area contributed by atoms with Crippen molar-refractivity contribution in [3.8, 4) is 0 Å². The van der Waals surface area contributed by atoms with Gasteiger partial charge in [0.15, 0.2) is 0 Å². The lowest BCUT2D eigenvalue weighted by Gasteiger charge is -2.10. The van der Waals surface area contributed by atoms with E-state index in [-0.39, 0.29) is 0 Å². The molecular weight excluding hydrogens is 170 g/mol. The molecule has 1 saturated carbocycles. The molecule has 0 saturated heterocycles. The third-order valence-electron chi connectivity index (χ3n) is 2.11. The highest BCUT2D eigenvalue weighted by Gasteiger charge is 2.23. The summed E-state index contributed by atoms with van der Waals surface area (Å²) >= 11 is 1.57. The molecule has 1 unspecified atom stereocenters. The van der Waals surface area contributed by atoms with Crippen molar-refractivity contribution in [2.45, 2.75) is 32.2 Å². The first kappa shape index (κ1) is 7.98. The van der Waals surface area contributed by atoms with Crippen LogP contribution in [0.4, 0.5) is 5.13 Å². The van der Waals surface area contributed by atoms with Crippen LogP contribution in [0.15, 0.2) is 5.51 Å². The molecule has 12 heavy (non-hydrogen) atoms. The van der Waals surface area contributed by atoms with Crippen LogP contribution < -0.4 is 5.32 Å². The molecule has 3 nitrogen and oxygen atoms in total. The SMILES string of the molecule is CC(CC1CC1)Nc1nncs1. The fourth-order valence-electron chi connectivity index (χ4n) is 1.36. The molecule has 1 heterocycles. The van der Waals surface area contributed by atoms with Crippen molar-refractivity contribution in [3.05, 3.63) is 5.51 Å². The monoisotopic (exact) mass is 183 g/mol. The molecule has 66 valence electrons. The van der Waals surface area contributed by atoms with E-state index in [1.807, 2.05) is 0 Å². The van der Waals surface area contributed by atoms with Crippen molar-refractivity contribution in [1.82, 2.24) is 10.2 Å². The standard InChI is InChI=1S/C8H13N3S/c1-6(4-7-2-3-7)10-8-11-9-5-12-8/h5-7H,2-4H2,1H3,(H,10,11). The maximum atomic E-state index is 3.94. The summed E-state index contributed by atoms with van der Waals surface area (Å²) < 4.78 is 0. The zero-order valence-electron chi connectivity index (χ0n) is 7.16. The molecule has 1 aliphatic carbocycles. The van der Waals surface area contributed by atoms with E-state index >= 15 is 0 Å². The van der Waals surface area contributed by atoms with Crippen molar-refractivity contribution in [2.24, 2.45) is 5.92 Å². The number of anilines is 1. The fraction of sp³-hybridized carbons (Fsp3) is 0.750. The number of rotatable bonds is 4.